The molecule has 0 spiro atoms. The maximum atomic E-state index is 13.7. The third kappa shape index (κ3) is 5.69. The Balaban J connectivity index is 1.38. The van der Waals surface area contributed by atoms with Gasteiger partial charge in [0.2, 0.25) is 0 Å². The molecule has 3 aromatic rings. The number of benzene rings is 2. The van der Waals surface area contributed by atoms with Crippen molar-refractivity contribution < 1.29 is 14.3 Å². The van der Waals surface area contributed by atoms with Crippen LogP contribution in [-0.2, 0) is 16.1 Å². The fraction of sp³-hybridized carbons (Fsp3) is 0.419. The predicted octanol–water partition coefficient (Wildman–Crippen LogP) is 4.82. The lowest BCUT2D eigenvalue weighted by atomic mass is 10.0. The zero-order chi connectivity index (χ0) is 26.5. The van der Waals surface area contributed by atoms with Crippen LogP contribution in [0.15, 0.2) is 66.9 Å². The van der Waals surface area contributed by atoms with E-state index < -0.39 is 0 Å². The van der Waals surface area contributed by atoms with E-state index in [1.165, 1.54) is 5.56 Å². The number of nitrogens with one attached hydrogen (secondary N) is 1. The highest BCUT2D eigenvalue weighted by atomic mass is 16.5. The molecule has 2 fully saturated rings. The summed E-state index contributed by atoms with van der Waals surface area (Å²) in [4.78, 5) is 22.4. The van der Waals surface area contributed by atoms with Gasteiger partial charge in [0, 0.05) is 57.2 Å². The highest BCUT2D eigenvalue weighted by molar-refractivity contribution is 5.82. The van der Waals surface area contributed by atoms with E-state index in [0.29, 0.717) is 19.7 Å². The van der Waals surface area contributed by atoms with Gasteiger partial charge in [0.05, 0.1) is 13.2 Å². The second-order valence-electron chi connectivity index (χ2n) is 10.4. The van der Waals surface area contributed by atoms with Gasteiger partial charge in [-0.15, -0.1) is 0 Å². The van der Waals surface area contributed by atoms with Gasteiger partial charge in [-0.1, -0.05) is 42.5 Å². The van der Waals surface area contributed by atoms with Crippen molar-refractivity contribution in [3.63, 3.8) is 0 Å². The second-order valence-corrected chi connectivity index (χ2v) is 10.4. The number of methoxy groups -OCH3 is 1. The van der Waals surface area contributed by atoms with E-state index in [0.717, 1.165) is 53.9 Å². The second kappa shape index (κ2) is 12.0. The summed E-state index contributed by atoms with van der Waals surface area (Å²) in [5, 5.41) is 3.74. The molecule has 7 heteroatoms. The van der Waals surface area contributed by atoms with Gasteiger partial charge >= 0.3 is 0 Å². The Morgan fingerprint density at radius 3 is 2.68 bits per heavy atom. The third-order valence-electron chi connectivity index (χ3n) is 7.61. The molecule has 0 bridgehead atoms. The summed E-state index contributed by atoms with van der Waals surface area (Å²) >= 11 is 0. The lowest BCUT2D eigenvalue weighted by Gasteiger charge is -2.32. The van der Waals surface area contributed by atoms with Crippen LogP contribution in [0.3, 0.4) is 0 Å². The molecule has 0 saturated carbocycles. The van der Waals surface area contributed by atoms with E-state index in [-0.39, 0.29) is 24.1 Å². The van der Waals surface area contributed by atoms with Gasteiger partial charge in [0.1, 0.15) is 17.7 Å². The highest BCUT2D eigenvalue weighted by Gasteiger charge is 2.40. The summed E-state index contributed by atoms with van der Waals surface area (Å²) in [6, 6.07) is 20.8. The number of hydrogen-bond acceptors (Lipinski definition) is 6. The summed E-state index contributed by atoms with van der Waals surface area (Å²) in [5.74, 6) is 1.85. The Kier molecular flexibility index (Phi) is 8.25. The van der Waals surface area contributed by atoms with Crippen LogP contribution in [0.25, 0.3) is 11.1 Å². The van der Waals surface area contributed by atoms with Crippen molar-refractivity contribution in [1.82, 2.24) is 15.2 Å². The summed E-state index contributed by atoms with van der Waals surface area (Å²) in [7, 11) is 5.71. The summed E-state index contributed by atoms with van der Waals surface area (Å²) in [6.07, 6.45) is 5.11. The van der Waals surface area contributed by atoms with E-state index in [1.807, 2.05) is 48.3 Å². The van der Waals surface area contributed by atoms with Crippen LogP contribution in [-0.4, -0.2) is 62.3 Å². The summed E-state index contributed by atoms with van der Waals surface area (Å²) < 4.78 is 11.6. The minimum atomic E-state index is -0.355. The zero-order valence-electron chi connectivity index (χ0n) is 22.6. The van der Waals surface area contributed by atoms with Crippen LogP contribution in [0, 0.1) is 0 Å². The van der Waals surface area contributed by atoms with E-state index in [2.05, 4.69) is 52.8 Å². The molecule has 200 valence electrons. The predicted molar refractivity (Wildman–Crippen MR) is 150 cm³/mol. The van der Waals surface area contributed by atoms with Crippen molar-refractivity contribution in [2.24, 2.45) is 0 Å². The van der Waals surface area contributed by atoms with Gasteiger partial charge in [-0.3, -0.25) is 4.79 Å². The number of carbonyl (C=O) groups is 1. The van der Waals surface area contributed by atoms with Crippen molar-refractivity contribution in [2.75, 3.05) is 39.3 Å². The molecule has 2 aliphatic heterocycles. The SMILES string of the molecule is COc1ccc(-c2ccccc2)cc1CNC1CC(c2cccnc2N(C)C)N(C(=O)[C@H]2CCCCO2)C1. The molecule has 2 unspecified atom stereocenters. The quantitative estimate of drug-likeness (QED) is 0.465. The van der Waals surface area contributed by atoms with Crippen LogP contribution < -0.4 is 15.0 Å². The molecule has 1 N–H and O–H groups in total. The standard InChI is InChI=1S/C31H38N4O3/c1-34(2)30-26(12-9-16-32-30)27-19-25(21-35(27)31(36)29-13-7-8-17-38-29)33-20-24-18-23(14-15-28(24)37-3)22-10-5-4-6-11-22/h4-6,9-12,14-16,18,25,27,29,33H,7-8,13,17,19-21H2,1-3H3/t25?,27?,29-/m1/s1. The normalized spacial score (nSPS) is 21.3. The number of nitrogens with zero attached hydrogens (tertiary/aromatic N) is 3. The first-order valence-corrected chi connectivity index (χ1v) is 13.5. The lowest BCUT2D eigenvalue weighted by Crippen LogP contribution is -2.43. The molecule has 2 aliphatic rings. The van der Waals surface area contributed by atoms with E-state index in [4.69, 9.17) is 9.47 Å². The average molecular weight is 515 g/mol. The van der Waals surface area contributed by atoms with Crippen LogP contribution in [0.5, 0.6) is 5.75 Å². The molecule has 3 atom stereocenters. The third-order valence-corrected chi connectivity index (χ3v) is 7.61. The Hall–Kier alpha value is -3.42. The zero-order valence-corrected chi connectivity index (χ0v) is 22.6. The number of aromatic nitrogens is 1. The maximum Gasteiger partial charge on any atom is 0.252 e. The van der Waals surface area contributed by atoms with Gasteiger partial charge < -0.3 is 24.6 Å². The Bertz CT molecular complexity index is 1230. The number of hydrogen-bond donors (Lipinski definition) is 1. The number of ether oxygens (including phenoxy) is 2. The first-order valence-electron chi connectivity index (χ1n) is 13.5. The average Bonchev–Trinajstić information content (AvgIpc) is 3.40. The number of likely N-dealkylation sites (tertiary alicyclic amines) is 1. The van der Waals surface area contributed by atoms with Gasteiger partial charge in [-0.25, -0.2) is 4.98 Å². The molecule has 2 aromatic carbocycles. The highest BCUT2D eigenvalue weighted by Crippen LogP contribution is 2.38. The molecule has 0 aliphatic carbocycles. The molecule has 5 rings (SSSR count). The maximum absolute atomic E-state index is 13.7. The van der Waals surface area contributed by atoms with Crippen molar-refractivity contribution in [2.45, 2.75) is 50.4 Å². The largest absolute Gasteiger partial charge is 0.496 e. The van der Waals surface area contributed by atoms with Crippen molar-refractivity contribution in [3.8, 4) is 16.9 Å². The minimum Gasteiger partial charge on any atom is -0.496 e. The number of amides is 1. The fourth-order valence-corrected chi connectivity index (χ4v) is 5.67. The number of pyridine rings is 1. The molecular weight excluding hydrogens is 476 g/mol. The molecule has 7 nitrogen and oxygen atoms in total. The van der Waals surface area contributed by atoms with E-state index >= 15 is 0 Å². The molecule has 38 heavy (non-hydrogen) atoms. The van der Waals surface area contributed by atoms with E-state index in [9.17, 15) is 4.79 Å². The molecule has 2 saturated heterocycles. The van der Waals surface area contributed by atoms with Gasteiger partial charge in [-0.2, -0.15) is 0 Å². The van der Waals surface area contributed by atoms with E-state index in [1.54, 1.807) is 7.11 Å². The monoisotopic (exact) mass is 514 g/mol. The van der Waals surface area contributed by atoms with Crippen LogP contribution in [0.2, 0.25) is 0 Å². The van der Waals surface area contributed by atoms with Gasteiger partial charge in [0.15, 0.2) is 0 Å². The van der Waals surface area contributed by atoms with Gasteiger partial charge in [0.25, 0.3) is 5.91 Å². The van der Waals surface area contributed by atoms with Crippen molar-refractivity contribution >= 4 is 11.7 Å². The topological polar surface area (TPSA) is 66.9 Å². The van der Waals surface area contributed by atoms with Crippen LogP contribution >= 0.6 is 0 Å². The Labute approximate surface area is 225 Å². The number of carbonyl (C=O) groups excluding carboxylic acids is 1. The lowest BCUT2D eigenvalue weighted by molar-refractivity contribution is -0.147. The Morgan fingerprint density at radius 1 is 1.11 bits per heavy atom. The van der Waals surface area contributed by atoms with Crippen molar-refractivity contribution in [1.29, 1.82) is 0 Å². The molecule has 1 aromatic heterocycles. The first-order chi connectivity index (χ1) is 18.5. The van der Waals surface area contributed by atoms with Crippen molar-refractivity contribution in [3.05, 3.63) is 78.0 Å². The van der Waals surface area contributed by atoms with Crippen LogP contribution in [0.1, 0.15) is 42.9 Å². The summed E-state index contributed by atoms with van der Waals surface area (Å²) in [6.45, 7) is 1.94. The summed E-state index contributed by atoms with van der Waals surface area (Å²) in [5.41, 5.74) is 4.51. The van der Waals surface area contributed by atoms with Crippen LogP contribution in [0.4, 0.5) is 5.82 Å². The molecule has 0 radical (unpaired) electrons. The Morgan fingerprint density at radius 2 is 1.95 bits per heavy atom. The smallest absolute Gasteiger partial charge is 0.252 e. The molecular formula is C31H38N4O3. The molecule has 1 amide bonds. The number of rotatable bonds is 8. The fourth-order valence-electron chi connectivity index (χ4n) is 5.67. The first kappa shape index (κ1) is 26.2. The van der Waals surface area contributed by atoms with Gasteiger partial charge in [-0.05, 0) is 55.0 Å². The minimum absolute atomic E-state index is 0.0609. The molecule has 3 heterocycles. The number of anilines is 1.